The van der Waals surface area contributed by atoms with E-state index in [0.29, 0.717) is 34.2 Å². The Kier molecular flexibility index (Phi) is 23.4. The molecule has 0 spiro atoms. The van der Waals surface area contributed by atoms with E-state index in [4.69, 9.17) is 0 Å². The molecule has 0 fully saturated rings. The van der Waals surface area contributed by atoms with Crippen molar-refractivity contribution in [3.63, 3.8) is 0 Å². The molecule has 3 aromatic carbocycles. The largest absolute Gasteiger partial charge is 0.428 e. The summed E-state index contributed by atoms with van der Waals surface area (Å²) in [5, 5.41) is 0. The second-order valence-corrected chi connectivity index (χ2v) is 15.1. The Morgan fingerprint density at radius 3 is 0.841 bits per heavy atom. The fraction of sp³-hybridized carbons (Fsp3) is 0.294. The van der Waals surface area contributed by atoms with E-state index >= 15 is 0 Å². The minimum Gasteiger partial charge on any atom is -0.428 e. The van der Waals surface area contributed by atoms with Gasteiger partial charge in [-0.2, -0.15) is 39.5 Å². The van der Waals surface area contributed by atoms with Crippen LogP contribution in [0, 0.1) is 0 Å². The monoisotopic (exact) mass is 966 g/mol. The predicted molar refractivity (Wildman–Crippen MR) is 245 cm³/mol. The molecule has 6 rings (SSSR count). The van der Waals surface area contributed by atoms with Crippen molar-refractivity contribution in [1.29, 1.82) is 0 Å². The summed E-state index contributed by atoms with van der Waals surface area (Å²) in [7, 11) is 0. The molecule has 366 valence electrons. The van der Waals surface area contributed by atoms with Crippen molar-refractivity contribution in [3.05, 3.63) is 163 Å². The Morgan fingerprint density at radius 1 is 0.333 bits per heavy atom. The van der Waals surface area contributed by atoms with Crippen LogP contribution in [0.1, 0.15) is 95.2 Å². The first-order valence-corrected chi connectivity index (χ1v) is 22.2. The lowest BCUT2D eigenvalue weighted by Crippen LogP contribution is -1.94. The molecule has 0 aliphatic rings. The molecule has 0 aliphatic carbocycles. The van der Waals surface area contributed by atoms with Gasteiger partial charge < -0.3 is 14.2 Å². The number of hydrogen-bond acceptors (Lipinski definition) is 9. The average Bonchev–Trinajstić information content (AvgIpc) is 3.36. The second-order valence-electron chi connectivity index (χ2n) is 15.1. The van der Waals surface area contributed by atoms with Gasteiger partial charge in [0.15, 0.2) is 17.5 Å². The lowest BCUT2D eigenvalue weighted by atomic mass is 10.1. The van der Waals surface area contributed by atoms with Crippen molar-refractivity contribution in [2.75, 3.05) is 0 Å². The Balaban J connectivity index is 0.000000226. The number of rotatable bonds is 21. The van der Waals surface area contributed by atoms with Crippen LogP contribution in [0.2, 0.25) is 0 Å². The molecule has 69 heavy (non-hydrogen) atoms. The maximum Gasteiger partial charge on any atom is 0.344 e. The van der Waals surface area contributed by atoms with Crippen molar-refractivity contribution in [2.45, 2.75) is 97.8 Å². The first-order chi connectivity index (χ1) is 33.3. The molecular weight excluding hydrogens is 916 g/mol. The SMILES string of the molecule is CCCCCCc1cnc(-c2ccc(OC(F)=C(F)F)cc2)nc1.CCCCCc1cnc(-c2ccc(OC(F)=C(F)F)cc2)nc1.CCCCc1cnc(-c2ccc(OC(F)=C(F)F)cc2)nc1. The van der Waals surface area contributed by atoms with Gasteiger partial charge in [-0.25, -0.2) is 29.9 Å². The number of halogens is 9. The summed E-state index contributed by atoms with van der Waals surface area (Å²) in [5.74, 6) is 1.50. The molecule has 6 aromatic rings. The summed E-state index contributed by atoms with van der Waals surface area (Å²) in [4.78, 5) is 25.7. The molecule has 0 bridgehead atoms. The van der Waals surface area contributed by atoms with Gasteiger partial charge in [0.25, 0.3) is 0 Å². The van der Waals surface area contributed by atoms with Crippen molar-refractivity contribution in [2.24, 2.45) is 0 Å². The van der Waals surface area contributed by atoms with Gasteiger partial charge in [-0.3, -0.25) is 0 Å². The molecule has 9 nitrogen and oxygen atoms in total. The Hall–Kier alpha value is -7.11. The molecule has 0 unspecified atom stereocenters. The van der Waals surface area contributed by atoms with Gasteiger partial charge >= 0.3 is 36.3 Å². The molecule has 0 amide bonds. The van der Waals surface area contributed by atoms with E-state index in [0.717, 1.165) is 68.1 Å². The minimum absolute atomic E-state index is 0.0170. The summed E-state index contributed by atoms with van der Waals surface area (Å²) >= 11 is 0. The normalized spacial score (nSPS) is 10.4. The van der Waals surface area contributed by atoms with Crippen molar-refractivity contribution >= 4 is 0 Å². The van der Waals surface area contributed by atoms with Crippen LogP contribution in [-0.4, -0.2) is 29.9 Å². The van der Waals surface area contributed by atoms with Crippen LogP contribution >= 0.6 is 0 Å². The summed E-state index contributed by atoms with van der Waals surface area (Å²) in [6, 6.07) is 12.1. The van der Waals surface area contributed by atoms with E-state index in [9.17, 15) is 39.5 Å². The molecule has 3 aromatic heterocycles. The number of aromatic nitrogens is 6. The van der Waals surface area contributed by atoms with Gasteiger partial charge in [-0.05, 0) is 128 Å². The topological polar surface area (TPSA) is 105 Å². The molecule has 0 atom stereocenters. The number of hydrogen-bond donors (Lipinski definition) is 0. The minimum atomic E-state index is -2.49. The van der Waals surface area contributed by atoms with Crippen molar-refractivity contribution < 1.29 is 53.7 Å². The van der Waals surface area contributed by atoms with Gasteiger partial charge in [0.1, 0.15) is 17.2 Å². The number of nitrogens with zero attached hydrogens (tertiary/aromatic N) is 6. The lowest BCUT2D eigenvalue weighted by molar-refractivity contribution is 0.241. The molecule has 0 aliphatic heterocycles. The highest BCUT2D eigenvalue weighted by atomic mass is 19.3. The lowest BCUT2D eigenvalue weighted by Gasteiger charge is -2.05. The van der Waals surface area contributed by atoms with Crippen LogP contribution in [0.5, 0.6) is 17.2 Å². The Labute approximate surface area is 394 Å². The van der Waals surface area contributed by atoms with E-state index < -0.39 is 36.3 Å². The van der Waals surface area contributed by atoms with Crippen molar-refractivity contribution in [3.8, 4) is 51.4 Å². The van der Waals surface area contributed by atoms with Crippen LogP contribution in [0.15, 0.2) is 146 Å². The maximum absolute atomic E-state index is 12.7. The van der Waals surface area contributed by atoms with Crippen LogP contribution in [0.4, 0.5) is 39.5 Å². The summed E-state index contributed by atoms with van der Waals surface area (Å²) in [6.45, 7) is 6.44. The van der Waals surface area contributed by atoms with Crippen molar-refractivity contribution in [1.82, 2.24) is 29.9 Å². The van der Waals surface area contributed by atoms with Gasteiger partial charge in [0, 0.05) is 53.9 Å². The molecule has 0 saturated heterocycles. The zero-order chi connectivity index (χ0) is 50.0. The number of benzene rings is 3. The van der Waals surface area contributed by atoms with Gasteiger partial charge in [-0.15, -0.1) is 0 Å². The molecule has 18 heteroatoms. The summed E-state index contributed by atoms with van der Waals surface area (Å²) < 4.78 is 123. The van der Waals surface area contributed by atoms with Crippen LogP contribution in [-0.2, 0) is 19.3 Å². The van der Waals surface area contributed by atoms with Gasteiger partial charge in [0.05, 0.1) is 0 Å². The highest BCUT2D eigenvalue weighted by Gasteiger charge is 2.12. The highest BCUT2D eigenvalue weighted by molar-refractivity contribution is 5.57. The average molecular weight is 967 g/mol. The van der Waals surface area contributed by atoms with E-state index in [-0.39, 0.29) is 17.2 Å². The van der Waals surface area contributed by atoms with Crippen LogP contribution < -0.4 is 14.2 Å². The Bertz CT molecular complexity index is 2520. The second kappa shape index (κ2) is 29.6. The van der Waals surface area contributed by atoms with E-state index in [1.54, 1.807) is 73.6 Å². The number of unbranched alkanes of at least 4 members (excludes halogenated alkanes) is 6. The zero-order valence-electron chi connectivity index (χ0n) is 38.2. The fourth-order valence-electron chi connectivity index (χ4n) is 6.06. The van der Waals surface area contributed by atoms with E-state index in [1.807, 2.05) is 0 Å². The molecule has 0 saturated carbocycles. The van der Waals surface area contributed by atoms with E-state index in [2.05, 4.69) is 64.9 Å². The smallest absolute Gasteiger partial charge is 0.344 e. The van der Waals surface area contributed by atoms with Crippen LogP contribution in [0.25, 0.3) is 34.2 Å². The summed E-state index contributed by atoms with van der Waals surface area (Å²) in [6.07, 6.45) is 16.4. The zero-order valence-corrected chi connectivity index (χ0v) is 38.2. The standard InChI is InChI=1S/C18H19F3N2O.C17H17F3N2O.C16H15F3N2O/c1-2-3-4-5-6-13-11-22-18(23-12-13)14-7-9-15(10-8-14)24-17(21)16(19)20;1-2-3-4-5-12-10-21-17(22-11-12)13-6-8-14(9-7-13)23-16(20)15(18)19;1-2-3-4-11-9-20-16(21-10-11)12-5-7-13(8-6-12)22-15(19)14(17)18/h7-12H,2-6H2,1H3;6-11H,2-5H2,1H3;5-10H,2-4H2,1H3. The Morgan fingerprint density at radius 2 is 0.580 bits per heavy atom. The molecule has 0 radical (unpaired) electrons. The van der Waals surface area contributed by atoms with E-state index in [1.165, 1.54) is 62.1 Å². The third-order valence-corrected chi connectivity index (χ3v) is 9.73. The number of aryl methyl sites for hydroxylation is 3. The third kappa shape index (κ3) is 19.6. The maximum atomic E-state index is 12.7. The predicted octanol–water partition coefficient (Wildman–Crippen LogP) is 15.9. The first-order valence-electron chi connectivity index (χ1n) is 22.2. The summed E-state index contributed by atoms with van der Waals surface area (Å²) in [5.41, 5.74) is 5.32. The first kappa shape index (κ1) is 54.5. The number of ether oxygens (including phenoxy) is 3. The highest BCUT2D eigenvalue weighted by Crippen LogP contribution is 2.26. The van der Waals surface area contributed by atoms with Gasteiger partial charge in [-0.1, -0.05) is 59.3 Å². The molecule has 0 N–H and O–H groups in total. The van der Waals surface area contributed by atoms with Gasteiger partial charge in [0.2, 0.25) is 0 Å². The third-order valence-electron chi connectivity index (χ3n) is 9.73. The fourth-order valence-corrected chi connectivity index (χ4v) is 6.06. The molecular formula is C51H51F9N6O3. The quantitative estimate of drug-likeness (QED) is 0.0396. The van der Waals surface area contributed by atoms with Crippen LogP contribution in [0.3, 0.4) is 0 Å². The molecule has 3 heterocycles.